The van der Waals surface area contributed by atoms with Gasteiger partial charge in [0.2, 0.25) is 12.3 Å². The molecule has 0 saturated carbocycles. The highest BCUT2D eigenvalue weighted by molar-refractivity contribution is 5.75. The second-order valence-corrected chi connectivity index (χ2v) is 8.61. The predicted molar refractivity (Wildman–Crippen MR) is 109 cm³/mol. The van der Waals surface area contributed by atoms with Crippen LogP contribution >= 0.6 is 0 Å². The molecule has 0 aromatic rings. The molecule has 1 heterocycles. The van der Waals surface area contributed by atoms with Crippen molar-refractivity contribution in [2.75, 3.05) is 78.7 Å². The van der Waals surface area contributed by atoms with Gasteiger partial charge in [-0.15, -0.1) is 0 Å². The predicted octanol–water partition coefficient (Wildman–Crippen LogP) is -0.537. The van der Waals surface area contributed by atoms with Crippen molar-refractivity contribution in [1.29, 1.82) is 0 Å². The summed E-state index contributed by atoms with van der Waals surface area (Å²) >= 11 is 0. The third-order valence-electron chi connectivity index (χ3n) is 4.85. The van der Waals surface area contributed by atoms with Crippen LogP contribution in [0.15, 0.2) is 0 Å². The molecule has 3 N–H and O–H groups in total. The van der Waals surface area contributed by atoms with Gasteiger partial charge in [-0.1, -0.05) is 27.7 Å². The third-order valence-corrected chi connectivity index (χ3v) is 4.85. The number of amides is 2. The van der Waals surface area contributed by atoms with Crippen LogP contribution < -0.4 is 11.1 Å². The molecule has 0 aromatic heterocycles. The van der Waals surface area contributed by atoms with E-state index in [1.807, 2.05) is 0 Å². The molecule has 8 heteroatoms. The summed E-state index contributed by atoms with van der Waals surface area (Å²) in [5.41, 5.74) is 5.67. The second kappa shape index (κ2) is 12.3. The monoisotopic (exact) mass is 384 g/mol. The van der Waals surface area contributed by atoms with Crippen LogP contribution in [0.3, 0.4) is 0 Å². The Morgan fingerprint density at radius 1 is 0.926 bits per heavy atom. The summed E-state index contributed by atoms with van der Waals surface area (Å²) in [7, 11) is 0. The second-order valence-electron chi connectivity index (χ2n) is 8.61. The first-order valence-electron chi connectivity index (χ1n) is 10.1. The molecule has 0 radical (unpaired) electrons. The first-order chi connectivity index (χ1) is 12.7. The molecule has 0 aromatic carbocycles. The number of nitrogens with zero attached hydrogens (tertiary/aromatic N) is 4. The number of carbonyl (C=O) groups excluding carboxylic acids is 2. The third kappa shape index (κ3) is 11.3. The van der Waals surface area contributed by atoms with Crippen molar-refractivity contribution in [2.45, 2.75) is 27.7 Å². The molecule has 0 unspecified atom stereocenters. The Labute approximate surface area is 165 Å². The molecular formula is C19H40N6O2. The van der Waals surface area contributed by atoms with Gasteiger partial charge in [0, 0.05) is 58.9 Å². The van der Waals surface area contributed by atoms with Gasteiger partial charge in [-0.25, -0.2) is 0 Å². The van der Waals surface area contributed by atoms with E-state index in [1.165, 1.54) is 0 Å². The summed E-state index contributed by atoms with van der Waals surface area (Å²) in [6, 6.07) is 0. The molecule has 0 aliphatic carbocycles. The van der Waals surface area contributed by atoms with Crippen LogP contribution in [0.25, 0.3) is 0 Å². The van der Waals surface area contributed by atoms with Crippen molar-refractivity contribution in [3.63, 3.8) is 0 Å². The first-order valence-corrected chi connectivity index (χ1v) is 10.1. The molecule has 0 atom stereocenters. The van der Waals surface area contributed by atoms with Gasteiger partial charge in [-0.2, -0.15) is 0 Å². The topological polar surface area (TPSA) is 85.1 Å². The van der Waals surface area contributed by atoms with Crippen LogP contribution in [-0.2, 0) is 9.59 Å². The molecule has 1 saturated heterocycles. The van der Waals surface area contributed by atoms with Crippen LogP contribution in [0.4, 0.5) is 0 Å². The average molecular weight is 385 g/mol. The zero-order valence-electron chi connectivity index (χ0n) is 17.7. The lowest BCUT2D eigenvalue weighted by atomic mass is 9.96. The van der Waals surface area contributed by atoms with Crippen LogP contribution in [0, 0.1) is 5.41 Å². The Kier molecular flexibility index (Phi) is 10.8. The summed E-state index contributed by atoms with van der Waals surface area (Å²) in [6.45, 7) is 19.1. The van der Waals surface area contributed by atoms with E-state index in [2.05, 4.69) is 52.6 Å². The van der Waals surface area contributed by atoms with Crippen molar-refractivity contribution in [3.05, 3.63) is 0 Å². The molecule has 2 amide bonds. The van der Waals surface area contributed by atoms with Crippen molar-refractivity contribution in [3.8, 4) is 0 Å². The quantitative estimate of drug-likeness (QED) is 0.574. The summed E-state index contributed by atoms with van der Waals surface area (Å²) in [5, 5.41) is 2.77. The maximum atomic E-state index is 11.4. The fraction of sp³-hybridized carbons (Fsp3) is 0.895. The molecule has 27 heavy (non-hydrogen) atoms. The van der Waals surface area contributed by atoms with Gasteiger partial charge in [-0.3, -0.25) is 19.4 Å². The highest BCUT2D eigenvalue weighted by atomic mass is 16.1. The Hall–Kier alpha value is -1.22. The minimum Gasteiger partial charge on any atom is -0.369 e. The van der Waals surface area contributed by atoms with E-state index >= 15 is 0 Å². The Morgan fingerprint density at radius 2 is 1.41 bits per heavy atom. The van der Waals surface area contributed by atoms with Crippen molar-refractivity contribution >= 4 is 12.3 Å². The summed E-state index contributed by atoms with van der Waals surface area (Å²) in [5.74, 6) is -0.293. The lowest BCUT2D eigenvalue weighted by molar-refractivity contribution is -0.119. The number of hydrogen-bond donors (Lipinski definition) is 2. The molecule has 1 rings (SSSR count). The van der Waals surface area contributed by atoms with Crippen molar-refractivity contribution < 1.29 is 9.59 Å². The molecule has 1 aliphatic rings. The van der Waals surface area contributed by atoms with E-state index in [4.69, 9.17) is 5.73 Å². The fourth-order valence-electron chi connectivity index (χ4n) is 3.43. The Morgan fingerprint density at radius 3 is 1.85 bits per heavy atom. The van der Waals surface area contributed by atoms with Gasteiger partial charge in [0.25, 0.3) is 0 Å². The zero-order valence-corrected chi connectivity index (χ0v) is 17.7. The highest BCUT2D eigenvalue weighted by Crippen LogP contribution is 2.15. The molecule has 0 spiro atoms. The molecule has 1 fully saturated rings. The molecule has 0 bridgehead atoms. The van der Waals surface area contributed by atoms with Crippen LogP contribution in [-0.4, -0.2) is 111 Å². The summed E-state index contributed by atoms with van der Waals surface area (Å²) in [6.07, 6.45) is 0.739. The number of nitrogens with one attached hydrogen (secondary N) is 1. The van der Waals surface area contributed by atoms with Crippen molar-refractivity contribution in [2.24, 2.45) is 11.1 Å². The number of carbonyl (C=O) groups is 2. The molecule has 158 valence electrons. The molecule has 8 nitrogen and oxygen atoms in total. The van der Waals surface area contributed by atoms with Crippen LogP contribution in [0.5, 0.6) is 0 Å². The van der Waals surface area contributed by atoms with E-state index in [-0.39, 0.29) is 17.9 Å². The maximum absolute atomic E-state index is 11.4. The van der Waals surface area contributed by atoms with E-state index in [0.717, 1.165) is 71.9 Å². The Bertz CT molecular complexity index is 440. The Balaban J connectivity index is 2.82. The SMILES string of the molecule is CCN1CCN(CC(N)=O)CCN(CNC=O)CCN(CC(C)(C)C)CC1. The number of hydrogen-bond acceptors (Lipinski definition) is 6. The van der Waals surface area contributed by atoms with E-state index < -0.39 is 0 Å². The van der Waals surface area contributed by atoms with Crippen LogP contribution in [0.1, 0.15) is 27.7 Å². The van der Waals surface area contributed by atoms with E-state index in [1.54, 1.807) is 0 Å². The van der Waals surface area contributed by atoms with Gasteiger partial charge in [0.15, 0.2) is 0 Å². The van der Waals surface area contributed by atoms with Crippen LogP contribution in [0.2, 0.25) is 0 Å². The van der Waals surface area contributed by atoms with Gasteiger partial charge in [-0.05, 0) is 12.0 Å². The summed E-state index contributed by atoms with van der Waals surface area (Å²) in [4.78, 5) is 31.5. The fourth-order valence-corrected chi connectivity index (χ4v) is 3.43. The molecular weight excluding hydrogens is 344 g/mol. The number of nitrogens with two attached hydrogens (primary N) is 1. The van der Waals surface area contributed by atoms with Gasteiger partial charge < -0.3 is 20.9 Å². The minimum absolute atomic E-state index is 0.248. The number of primary amides is 1. The van der Waals surface area contributed by atoms with E-state index in [9.17, 15) is 9.59 Å². The normalized spacial score (nSPS) is 20.6. The first kappa shape index (κ1) is 23.8. The standard InChI is InChI=1S/C19H40N6O2/c1-5-22-6-8-23(14-18(20)27)9-12-25(16-21-17-26)13-11-24(10-7-22)15-19(2,3)4/h17H,5-16H2,1-4H3,(H2,20,27)(H,21,26). The average Bonchev–Trinajstić information content (AvgIpc) is 2.57. The minimum atomic E-state index is -0.293. The highest BCUT2D eigenvalue weighted by Gasteiger charge is 2.20. The number of rotatable bonds is 7. The largest absolute Gasteiger partial charge is 0.369 e. The van der Waals surface area contributed by atoms with Gasteiger partial charge >= 0.3 is 0 Å². The maximum Gasteiger partial charge on any atom is 0.231 e. The lowest BCUT2D eigenvalue weighted by Crippen LogP contribution is -2.49. The summed E-state index contributed by atoms with van der Waals surface area (Å²) < 4.78 is 0. The smallest absolute Gasteiger partial charge is 0.231 e. The van der Waals surface area contributed by atoms with Crippen molar-refractivity contribution in [1.82, 2.24) is 24.9 Å². The lowest BCUT2D eigenvalue weighted by Gasteiger charge is -2.35. The van der Waals surface area contributed by atoms with Gasteiger partial charge in [0.1, 0.15) is 0 Å². The van der Waals surface area contributed by atoms with Gasteiger partial charge in [0.05, 0.1) is 13.2 Å². The zero-order chi connectivity index (χ0) is 20.3. The number of likely N-dealkylation sites (N-methyl/N-ethyl adjacent to an activating group) is 1. The van der Waals surface area contributed by atoms with E-state index in [0.29, 0.717) is 6.67 Å². The molecule has 1 aliphatic heterocycles.